The van der Waals surface area contributed by atoms with Gasteiger partial charge in [0, 0.05) is 60.9 Å². The Morgan fingerprint density at radius 2 is 1.93 bits per heavy atom. The van der Waals surface area contributed by atoms with Gasteiger partial charge in [-0.3, -0.25) is 14.3 Å². The summed E-state index contributed by atoms with van der Waals surface area (Å²) in [4.78, 5) is 26.2. The van der Waals surface area contributed by atoms with Crippen molar-refractivity contribution in [1.29, 1.82) is 0 Å². The van der Waals surface area contributed by atoms with Gasteiger partial charge in [-0.25, -0.2) is 9.97 Å². The van der Waals surface area contributed by atoms with Crippen molar-refractivity contribution in [3.63, 3.8) is 0 Å². The Kier molecular flexibility index (Phi) is 5.05. The number of rotatable bonds is 5. The molecule has 1 fully saturated rings. The molecular weight excluding hydrogens is 358 g/mol. The van der Waals surface area contributed by atoms with Gasteiger partial charge in [-0.15, -0.1) is 11.3 Å². The van der Waals surface area contributed by atoms with Crippen LogP contribution in [0.15, 0.2) is 42.0 Å². The minimum absolute atomic E-state index is 0.178. The first-order valence-corrected chi connectivity index (χ1v) is 10.0. The molecule has 0 aliphatic carbocycles. The summed E-state index contributed by atoms with van der Waals surface area (Å²) < 4.78 is 2.07. The van der Waals surface area contributed by atoms with Gasteiger partial charge in [0.15, 0.2) is 10.9 Å². The third-order valence-electron chi connectivity index (χ3n) is 5.05. The summed E-state index contributed by atoms with van der Waals surface area (Å²) in [5.41, 5.74) is 2.82. The average Bonchev–Trinajstić information content (AvgIpc) is 3.31. The first-order valence-electron chi connectivity index (χ1n) is 9.14. The predicted molar refractivity (Wildman–Crippen MR) is 108 cm³/mol. The number of Topliss-reactive ketones (excluding diaryl/α,β-unsaturated/α-hetero) is 1. The lowest BCUT2D eigenvalue weighted by Crippen LogP contribution is -2.48. The number of carbonyl (C=O) groups excluding carboxylic acids is 1. The van der Waals surface area contributed by atoms with Crippen LogP contribution in [-0.2, 0) is 0 Å². The van der Waals surface area contributed by atoms with Crippen LogP contribution in [0.3, 0.4) is 0 Å². The van der Waals surface area contributed by atoms with E-state index in [2.05, 4.69) is 24.3 Å². The molecule has 0 bridgehead atoms. The van der Waals surface area contributed by atoms with Gasteiger partial charge in [-0.2, -0.15) is 0 Å². The van der Waals surface area contributed by atoms with E-state index >= 15 is 0 Å². The van der Waals surface area contributed by atoms with Crippen LogP contribution in [0.4, 0.5) is 5.82 Å². The van der Waals surface area contributed by atoms with Crippen LogP contribution in [0.2, 0.25) is 0 Å². The molecule has 0 unspecified atom stereocenters. The molecule has 0 N–H and O–H groups in total. The SMILES string of the molecule is Cc1cc(C(=O)CN2CCN(c3ccccn3)CC2)c(C)n1-c1nccs1. The molecule has 1 aliphatic rings. The highest BCUT2D eigenvalue weighted by atomic mass is 32.1. The molecule has 27 heavy (non-hydrogen) atoms. The minimum Gasteiger partial charge on any atom is -0.354 e. The van der Waals surface area contributed by atoms with Crippen molar-refractivity contribution >= 4 is 22.9 Å². The maximum Gasteiger partial charge on any atom is 0.193 e. The monoisotopic (exact) mass is 381 g/mol. The highest BCUT2D eigenvalue weighted by molar-refractivity contribution is 7.12. The van der Waals surface area contributed by atoms with Gasteiger partial charge in [0.05, 0.1) is 6.54 Å². The Balaban J connectivity index is 1.41. The first kappa shape index (κ1) is 17.9. The normalized spacial score (nSPS) is 15.3. The molecule has 3 aromatic heterocycles. The predicted octanol–water partition coefficient (Wildman–Crippen LogP) is 2.95. The molecule has 0 aromatic carbocycles. The van der Waals surface area contributed by atoms with Crippen LogP contribution in [0.5, 0.6) is 0 Å². The molecule has 0 spiro atoms. The smallest absolute Gasteiger partial charge is 0.193 e. The number of aromatic nitrogens is 3. The van der Waals surface area contributed by atoms with Crippen molar-refractivity contribution < 1.29 is 4.79 Å². The second kappa shape index (κ2) is 7.62. The van der Waals surface area contributed by atoms with Crippen LogP contribution < -0.4 is 4.90 Å². The Labute approximate surface area is 163 Å². The van der Waals surface area contributed by atoms with Crippen molar-refractivity contribution in [1.82, 2.24) is 19.4 Å². The van der Waals surface area contributed by atoms with E-state index in [1.807, 2.05) is 49.7 Å². The quantitative estimate of drug-likeness (QED) is 0.636. The van der Waals surface area contributed by atoms with E-state index in [0.717, 1.165) is 54.1 Å². The number of thiazole rings is 1. The number of anilines is 1. The van der Waals surface area contributed by atoms with E-state index in [-0.39, 0.29) is 5.78 Å². The third kappa shape index (κ3) is 3.65. The van der Waals surface area contributed by atoms with Gasteiger partial charge < -0.3 is 4.90 Å². The fourth-order valence-corrected chi connectivity index (χ4v) is 4.38. The Morgan fingerprint density at radius 3 is 2.59 bits per heavy atom. The second-order valence-corrected chi connectivity index (χ2v) is 7.68. The van der Waals surface area contributed by atoms with Crippen molar-refractivity contribution in [2.75, 3.05) is 37.6 Å². The Morgan fingerprint density at radius 1 is 1.11 bits per heavy atom. The van der Waals surface area contributed by atoms with Crippen LogP contribution in [0, 0.1) is 13.8 Å². The van der Waals surface area contributed by atoms with E-state index in [4.69, 9.17) is 0 Å². The zero-order chi connectivity index (χ0) is 18.8. The highest BCUT2D eigenvalue weighted by Crippen LogP contribution is 2.23. The molecule has 4 heterocycles. The largest absolute Gasteiger partial charge is 0.354 e. The van der Waals surface area contributed by atoms with Crippen molar-refractivity contribution in [3.8, 4) is 5.13 Å². The molecule has 0 atom stereocenters. The second-order valence-electron chi connectivity index (χ2n) is 6.81. The van der Waals surface area contributed by atoms with E-state index < -0.39 is 0 Å². The van der Waals surface area contributed by atoms with E-state index in [1.165, 1.54) is 0 Å². The molecule has 6 nitrogen and oxygen atoms in total. The van der Waals surface area contributed by atoms with Gasteiger partial charge in [0.2, 0.25) is 0 Å². The van der Waals surface area contributed by atoms with Gasteiger partial charge in [0.25, 0.3) is 0 Å². The van der Waals surface area contributed by atoms with Crippen molar-refractivity contribution in [2.45, 2.75) is 13.8 Å². The first-order chi connectivity index (χ1) is 13.1. The average molecular weight is 382 g/mol. The molecule has 7 heteroatoms. The molecule has 3 aromatic rings. The number of carbonyl (C=O) groups is 1. The topological polar surface area (TPSA) is 54.3 Å². The lowest BCUT2D eigenvalue weighted by Gasteiger charge is -2.35. The zero-order valence-electron chi connectivity index (χ0n) is 15.6. The molecule has 0 radical (unpaired) electrons. The van der Waals surface area contributed by atoms with Gasteiger partial charge in [-0.1, -0.05) is 6.07 Å². The number of nitrogens with zero attached hydrogens (tertiary/aromatic N) is 5. The molecule has 1 saturated heterocycles. The third-order valence-corrected chi connectivity index (χ3v) is 5.81. The number of hydrogen-bond acceptors (Lipinski definition) is 6. The van der Waals surface area contributed by atoms with Crippen LogP contribution in [0.25, 0.3) is 5.13 Å². The number of ketones is 1. The van der Waals surface area contributed by atoms with Gasteiger partial charge >= 0.3 is 0 Å². The fraction of sp³-hybridized carbons (Fsp3) is 0.350. The van der Waals surface area contributed by atoms with E-state index in [9.17, 15) is 4.79 Å². The van der Waals surface area contributed by atoms with Crippen LogP contribution >= 0.6 is 11.3 Å². The van der Waals surface area contributed by atoms with Crippen molar-refractivity contribution in [3.05, 3.63) is 59.0 Å². The van der Waals surface area contributed by atoms with Gasteiger partial charge in [-0.05, 0) is 32.0 Å². The lowest BCUT2D eigenvalue weighted by atomic mass is 10.1. The Bertz CT molecular complexity index is 912. The number of hydrogen-bond donors (Lipinski definition) is 0. The summed E-state index contributed by atoms with van der Waals surface area (Å²) in [5.74, 6) is 1.19. The molecule has 0 saturated carbocycles. The van der Waals surface area contributed by atoms with Crippen molar-refractivity contribution in [2.24, 2.45) is 0 Å². The maximum absolute atomic E-state index is 12.9. The molecular formula is C20H23N5OS. The number of piperazine rings is 1. The standard InChI is InChI=1S/C20H23N5OS/c1-15-13-17(16(2)25(15)20-22-7-12-27-20)18(26)14-23-8-10-24(11-9-23)19-5-3-4-6-21-19/h3-7,12-13H,8-11,14H2,1-2H3. The van der Waals surface area contributed by atoms with Gasteiger partial charge in [0.1, 0.15) is 5.82 Å². The fourth-order valence-electron chi connectivity index (χ4n) is 3.63. The Hall–Kier alpha value is -2.51. The maximum atomic E-state index is 12.9. The van der Waals surface area contributed by atoms with E-state index in [0.29, 0.717) is 6.54 Å². The molecule has 1 aliphatic heterocycles. The number of pyridine rings is 1. The summed E-state index contributed by atoms with van der Waals surface area (Å²) in [7, 11) is 0. The summed E-state index contributed by atoms with van der Waals surface area (Å²) in [6.07, 6.45) is 3.62. The van der Waals surface area contributed by atoms with Crippen LogP contribution in [-0.4, -0.2) is 57.9 Å². The summed E-state index contributed by atoms with van der Waals surface area (Å²) in [6.45, 7) is 8.00. The van der Waals surface area contributed by atoms with E-state index in [1.54, 1.807) is 17.5 Å². The molecule has 0 amide bonds. The molecule has 4 rings (SSSR count). The minimum atomic E-state index is 0.178. The summed E-state index contributed by atoms with van der Waals surface area (Å²) in [6, 6.07) is 7.97. The lowest BCUT2D eigenvalue weighted by molar-refractivity contribution is 0.0925. The summed E-state index contributed by atoms with van der Waals surface area (Å²) in [5, 5.41) is 2.87. The molecule has 140 valence electrons. The summed E-state index contributed by atoms with van der Waals surface area (Å²) >= 11 is 1.58. The number of aryl methyl sites for hydroxylation is 1. The highest BCUT2D eigenvalue weighted by Gasteiger charge is 2.23. The zero-order valence-corrected chi connectivity index (χ0v) is 16.4. The van der Waals surface area contributed by atoms with Crippen LogP contribution in [0.1, 0.15) is 21.7 Å².